The number of carbonyl (C=O) groups excluding carboxylic acids is 1. The highest BCUT2D eigenvalue weighted by atomic mass is 79.9. The van der Waals surface area contributed by atoms with Crippen molar-refractivity contribution in [3.05, 3.63) is 27.7 Å². The smallest absolute Gasteiger partial charge is 0.341 e. The van der Waals surface area contributed by atoms with Gasteiger partial charge >= 0.3 is 5.97 Å². The zero-order valence-electron chi connectivity index (χ0n) is 9.46. The van der Waals surface area contributed by atoms with Gasteiger partial charge in [0.2, 0.25) is 0 Å². The van der Waals surface area contributed by atoms with Crippen molar-refractivity contribution in [3.8, 4) is 5.75 Å². The Hall–Kier alpha value is -1.03. The van der Waals surface area contributed by atoms with Gasteiger partial charge in [-0.1, -0.05) is 29.8 Å². The van der Waals surface area contributed by atoms with E-state index in [0.717, 1.165) is 10.0 Å². The Morgan fingerprint density at radius 2 is 2.19 bits per heavy atom. The average Bonchev–Trinajstić information content (AvgIpc) is 2.53. The van der Waals surface area contributed by atoms with E-state index < -0.39 is 0 Å². The van der Waals surface area contributed by atoms with Gasteiger partial charge in [0.05, 0.1) is 13.7 Å². The first-order chi connectivity index (χ1) is 7.45. The Bertz CT molecular complexity index is 452. The standard InChI is InChI=1S/C12H13BrO3/c1-12(2)6-16-10-8(11(14)15-3)4-7(13)5-9(10)12/h4-5H,6H2,1-3H3. The molecule has 0 N–H and O–H groups in total. The van der Waals surface area contributed by atoms with Crippen molar-refractivity contribution in [3.63, 3.8) is 0 Å². The van der Waals surface area contributed by atoms with Crippen LogP contribution in [0, 0.1) is 0 Å². The zero-order valence-corrected chi connectivity index (χ0v) is 11.1. The summed E-state index contributed by atoms with van der Waals surface area (Å²) in [5.74, 6) is 0.287. The number of esters is 1. The summed E-state index contributed by atoms with van der Waals surface area (Å²) in [5.41, 5.74) is 1.46. The topological polar surface area (TPSA) is 35.5 Å². The van der Waals surface area contributed by atoms with E-state index in [1.807, 2.05) is 6.07 Å². The van der Waals surface area contributed by atoms with Crippen molar-refractivity contribution in [2.75, 3.05) is 13.7 Å². The van der Waals surface area contributed by atoms with Gasteiger partial charge in [0.1, 0.15) is 11.3 Å². The van der Waals surface area contributed by atoms with Crippen molar-refractivity contribution in [2.45, 2.75) is 19.3 Å². The minimum atomic E-state index is -0.366. The number of rotatable bonds is 1. The highest BCUT2D eigenvalue weighted by Crippen LogP contribution is 2.42. The summed E-state index contributed by atoms with van der Waals surface area (Å²) < 4.78 is 11.2. The molecule has 4 heteroatoms. The summed E-state index contributed by atoms with van der Waals surface area (Å²) in [4.78, 5) is 11.6. The number of hydrogen-bond donors (Lipinski definition) is 0. The molecule has 0 spiro atoms. The lowest BCUT2D eigenvalue weighted by atomic mass is 9.86. The molecule has 1 aliphatic rings. The van der Waals surface area contributed by atoms with Crippen LogP contribution in [-0.4, -0.2) is 19.7 Å². The first-order valence-electron chi connectivity index (χ1n) is 5.01. The molecule has 2 rings (SSSR count). The van der Waals surface area contributed by atoms with Gasteiger partial charge in [0, 0.05) is 15.5 Å². The maximum atomic E-state index is 11.6. The highest BCUT2D eigenvalue weighted by molar-refractivity contribution is 9.10. The average molecular weight is 285 g/mol. The second-order valence-corrected chi connectivity index (χ2v) is 5.41. The summed E-state index contributed by atoms with van der Waals surface area (Å²) >= 11 is 3.40. The predicted molar refractivity (Wildman–Crippen MR) is 64.0 cm³/mol. The van der Waals surface area contributed by atoms with Crippen LogP contribution in [0.5, 0.6) is 5.75 Å². The van der Waals surface area contributed by atoms with Crippen molar-refractivity contribution in [1.82, 2.24) is 0 Å². The van der Waals surface area contributed by atoms with E-state index in [2.05, 4.69) is 29.8 Å². The molecule has 86 valence electrons. The van der Waals surface area contributed by atoms with Crippen LogP contribution in [0.2, 0.25) is 0 Å². The van der Waals surface area contributed by atoms with Gasteiger partial charge in [-0.3, -0.25) is 0 Å². The van der Waals surface area contributed by atoms with Gasteiger partial charge in [-0.05, 0) is 12.1 Å². The van der Waals surface area contributed by atoms with Crippen LogP contribution in [0.3, 0.4) is 0 Å². The molecular formula is C12H13BrO3. The van der Waals surface area contributed by atoms with Gasteiger partial charge in [-0.25, -0.2) is 4.79 Å². The number of carbonyl (C=O) groups is 1. The number of benzene rings is 1. The molecule has 1 aromatic rings. The second-order valence-electron chi connectivity index (χ2n) is 4.49. The third-order valence-electron chi connectivity index (χ3n) is 2.77. The molecule has 0 aromatic heterocycles. The Labute approximate surface area is 103 Å². The van der Waals surface area contributed by atoms with E-state index in [1.54, 1.807) is 6.07 Å². The van der Waals surface area contributed by atoms with Crippen LogP contribution in [0.25, 0.3) is 0 Å². The van der Waals surface area contributed by atoms with E-state index >= 15 is 0 Å². The van der Waals surface area contributed by atoms with Crippen molar-refractivity contribution >= 4 is 21.9 Å². The Morgan fingerprint density at radius 1 is 1.50 bits per heavy atom. The van der Waals surface area contributed by atoms with E-state index in [4.69, 9.17) is 9.47 Å². The monoisotopic (exact) mass is 284 g/mol. The third kappa shape index (κ3) is 1.71. The fourth-order valence-corrected chi connectivity index (χ4v) is 2.30. The van der Waals surface area contributed by atoms with Crippen molar-refractivity contribution in [2.24, 2.45) is 0 Å². The number of methoxy groups -OCH3 is 1. The fraction of sp³-hybridized carbons (Fsp3) is 0.417. The summed E-state index contributed by atoms with van der Waals surface area (Å²) in [6, 6.07) is 3.72. The maximum absolute atomic E-state index is 11.6. The summed E-state index contributed by atoms with van der Waals surface area (Å²) in [6.45, 7) is 4.77. The highest BCUT2D eigenvalue weighted by Gasteiger charge is 2.35. The molecule has 0 bridgehead atoms. The molecule has 0 saturated carbocycles. The van der Waals surface area contributed by atoms with Crippen LogP contribution in [0.15, 0.2) is 16.6 Å². The molecular weight excluding hydrogens is 272 g/mol. The van der Waals surface area contributed by atoms with Crippen LogP contribution in [0.4, 0.5) is 0 Å². The van der Waals surface area contributed by atoms with Gasteiger partial charge in [0.15, 0.2) is 0 Å². The Balaban J connectivity index is 2.62. The van der Waals surface area contributed by atoms with Crippen LogP contribution in [-0.2, 0) is 10.2 Å². The fourth-order valence-electron chi connectivity index (χ4n) is 1.84. The van der Waals surface area contributed by atoms with Gasteiger partial charge in [-0.15, -0.1) is 0 Å². The largest absolute Gasteiger partial charge is 0.491 e. The molecule has 1 heterocycles. The zero-order chi connectivity index (χ0) is 11.9. The molecule has 0 aliphatic carbocycles. The molecule has 0 amide bonds. The lowest BCUT2D eigenvalue weighted by Gasteiger charge is -2.15. The molecule has 0 atom stereocenters. The van der Waals surface area contributed by atoms with Crippen LogP contribution < -0.4 is 4.74 Å². The quantitative estimate of drug-likeness (QED) is 0.744. The summed E-state index contributed by atoms with van der Waals surface area (Å²) in [6.07, 6.45) is 0. The Morgan fingerprint density at radius 3 is 2.81 bits per heavy atom. The molecule has 1 aliphatic heterocycles. The minimum Gasteiger partial charge on any atom is -0.491 e. The van der Waals surface area contributed by atoms with E-state index in [1.165, 1.54) is 7.11 Å². The van der Waals surface area contributed by atoms with Gasteiger partial charge < -0.3 is 9.47 Å². The second kappa shape index (κ2) is 3.77. The van der Waals surface area contributed by atoms with Crippen LogP contribution >= 0.6 is 15.9 Å². The number of hydrogen-bond acceptors (Lipinski definition) is 3. The normalized spacial score (nSPS) is 16.5. The third-order valence-corrected chi connectivity index (χ3v) is 3.22. The SMILES string of the molecule is COC(=O)c1cc(Br)cc2c1OCC2(C)C. The number of halogens is 1. The van der Waals surface area contributed by atoms with Gasteiger partial charge in [-0.2, -0.15) is 0 Å². The molecule has 3 nitrogen and oxygen atoms in total. The molecule has 1 aromatic carbocycles. The molecule has 0 saturated heterocycles. The minimum absolute atomic E-state index is 0.0676. The predicted octanol–water partition coefficient (Wildman–Crippen LogP) is 2.91. The summed E-state index contributed by atoms with van der Waals surface area (Å²) in [5, 5.41) is 0. The van der Waals surface area contributed by atoms with Crippen LogP contribution in [0.1, 0.15) is 29.8 Å². The van der Waals surface area contributed by atoms with E-state index in [-0.39, 0.29) is 11.4 Å². The number of ether oxygens (including phenoxy) is 2. The van der Waals surface area contributed by atoms with E-state index in [9.17, 15) is 4.79 Å². The number of fused-ring (bicyclic) bond motifs is 1. The van der Waals surface area contributed by atoms with Crippen molar-refractivity contribution < 1.29 is 14.3 Å². The Kier molecular flexibility index (Phi) is 2.70. The molecule has 0 fully saturated rings. The first kappa shape index (κ1) is 11.5. The maximum Gasteiger partial charge on any atom is 0.341 e. The first-order valence-corrected chi connectivity index (χ1v) is 5.80. The molecule has 0 unspecified atom stereocenters. The lowest BCUT2D eigenvalue weighted by Crippen LogP contribution is -2.18. The lowest BCUT2D eigenvalue weighted by molar-refractivity contribution is 0.0596. The molecule has 16 heavy (non-hydrogen) atoms. The van der Waals surface area contributed by atoms with E-state index in [0.29, 0.717) is 17.9 Å². The summed E-state index contributed by atoms with van der Waals surface area (Å²) in [7, 11) is 1.37. The van der Waals surface area contributed by atoms with Gasteiger partial charge in [0.25, 0.3) is 0 Å². The molecule has 0 radical (unpaired) electrons. The van der Waals surface area contributed by atoms with Crippen molar-refractivity contribution in [1.29, 1.82) is 0 Å².